The minimum Gasteiger partial charge on any atom is -0.457 e. The normalized spacial score (nSPS) is 28.9. The minimum absolute atomic E-state index is 0.178. The molecular weight excluding hydrogens is 522 g/mol. The number of hydrogen-bond donors (Lipinski definition) is 3. The predicted molar refractivity (Wildman–Crippen MR) is 139 cm³/mol. The zero-order valence-corrected chi connectivity index (χ0v) is 22.1. The zero-order chi connectivity index (χ0) is 27.6. The molecule has 6 rings (SSSR count). The topological polar surface area (TPSA) is 199 Å². The van der Waals surface area contributed by atoms with Crippen LogP contribution in [-0.2, 0) is 30.8 Å². The molecule has 2 aliphatic carbocycles. The summed E-state index contributed by atoms with van der Waals surface area (Å²) in [6, 6.07) is 0.699. The molecule has 0 radical (unpaired) electrons. The first kappa shape index (κ1) is 26.3. The van der Waals surface area contributed by atoms with Crippen LogP contribution in [0.1, 0.15) is 69.5 Å². The fourth-order valence-corrected chi connectivity index (χ4v) is 5.88. The highest BCUT2D eigenvalue weighted by molar-refractivity contribution is 5.84. The number of rotatable bonds is 10. The van der Waals surface area contributed by atoms with Crippen molar-refractivity contribution in [3.63, 3.8) is 0 Å². The van der Waals surface area contributed by atoms with Gasteiger partial charge in [-0.25, -0.2) is 4.98 Å². The van der Waals surface area contributed by atoms with Crippen LogP contribution >= 0.6 is 0 Å². The Morgan fingerprint density at radius 2 is 1.73 bits per heavy atom. The van der Waals surface area contributed by atoms with E-state index in [0.29, 0.717) is 22.9 Å². The van der Waals surface area contributed by atoms with E-state index in [4.69, 9.17) is 29.9 Å². The van der Waals surface area contributed by atoms with E-state index in [1.165, 1.54) is 4.80 Å². The number of ether oxygens (including phenoxy) is 3. The van der Waals surface area contributed by atoms with E-state index in [1.807, 2.05) is 0 Å². The predicted octanol–water partition coefficient (Wildman–Crippen LogP) is 0.739. The average Bonchev–Trinajstić information content (AvgIpc) is 3.74. The van der Waals surface area contributed by atoms with Crippen molar-refractivity contribution in [1.82, 2.24) is 39.7 Å². The summed E-state index contributed by atoms with van der Waals surface area (Å²) < 4.78 is 18.7. The van der Waals surface area contributed by atoms with Crippen LogP contribution in [0.5, 0.6) is 0 Å². The Morgan fingerprint density at radius 3 is 2.42 bits per heavy atom. The Bertz CT molecular complexity index is 1330. The summed E-state index contributed by atoms with van der Waals surface area (Å²) in [5, 5.41) is 19.1. The Labute approximate surface area is 229 Å². The van der Waals surface area contributed by atoms with E-state index in [9.17, 15) is 9.59 Å². The van der Waals surface area contributed by atoms with Crippen molar-refractivity contribution in [3.05, 3.63) is 12.2 Å². The molecule has 0 amide bonds. The molecule has 1 aliphatic heterocycles. The Hall–Kier alpha value is -3.92. The summed E-state index contributed by atoms with van der Waals surface area (Å²) in [4.78, 5) is 38.5. The number of anilines is 2. The number of nitrogens with one attached hydrogen (secondary N) is 2. The summed E-state index contributed by atoms with van der Waals surface area (Å²) in [6.45, 7) is 0.563. The summed E-state index contributed by atoms with van der Waals surface area (Å²) in [7, 11) is 1.60. The second kappa shape index (κ2) is 11.3. The molecule has 4 heterocycles. The van der Waals surface area contributed by atoms with Gasteiger partial charge in [0.05, 0.1) is 13.4 Å². The highest BCUT2D eigenvalue weighted by Gasteiger charge is 2.52. The fraction of sp³-hybridized carbons (Fsp3) is 0.667. The van der Waals surface area contributed by atoms with Gasteiger partial charge in [0.1, 0.15) is 0 Å². The zero-order valence-electron chi connectivity index (χ0n) is 22.1. The maximum atomic E-state index is 11.5. The number of fused-ring (bicyclic) bond motifs is 1. The molecule has 4 N–H and O–H groups in total. The van der Waals surface area contributed by atoms with Crippen molar-refractivity contribution in [2.45, 2.75) is 94.0 Å². The van der Waals surface area contributed by atoms with Crippen LogP contribution in [0.2, 0.25) is 0 Å². The first-order valence-electron chi connectivity index (χ1n) is 13.6. The van der Waals surface area contributed by atoms with Crippen LogP contribution in [-0.4, -0.2) is 83.0 Å². The Balaban J connectivity index is 1.38. The summed E-state index contributed by atoms with van der Waals surface area (Å²) in [5.74, 6) is 1.25. The average molecular weight is 556 g/mol. The third-order valence-corrected chi connectivity index (χ3v) is 7.89. The highest BCUT2D eigenvalue weighted by Crippen LogP contribution is 2.42. The standard InChI is InChI=1S/C24H33N11O5/c1-34-32-21(31-33-34)18-17(38-11-36)19(39-12-37)23(40-18)35-10-26-16-20(27-14-4-2-3-5-14)29-24(30-22(16)35)28-15-8-6-13(25)7-9-15/h10-15,17-19,23H,2-9,25H2,1H3,(H2,27,28,29,30)/t13?,15?,17-,18+,19-,23-/m1/s1. The lowest BCUT2D eigenvalue weighted by Crippen LogP contribution is -2.34. The van der Waals surface area contributed by atoms with Crippen LogP contribution in [0.15, 0.2) is 6.33 Å². The van der Waals surface area contributed by atoms with Crippen molar-refractivity contribution in [3.8, 4) is 0 Å². The van der Waals surface area contributed by atoms with E-state index in [0.717, 1.165) is 51.4 Å². The largest absolute Gasteiger partial charge is 0.457 e. The number of aromatic nitrogens is 8. The van der Waals surface area contributed by atoms with Crippen molar-refractivity contribution < 1.29 is 23.8 Å². The Morgan fingerprint density at radius 1 is 1.00 bits per heavy atom. The lowest BCUT2D eigenvalue weighted by atomic mass is 9.92. The number of carbonyl (C=O) groups is 2. The maximum Gasteiger partial charge on any atom is 0.293 e. The van der Waals surface area contributed by atoms with Gasteiger partial charge in [0.25, 0.3) is 12.9 Å². The van der Waals surface area contributed by atoms with Crippen LogP contribution in [0.25, 0.3) is 11.2 Å². The highest BCUT2D eigenvalue weighted by atomic mass is 16.6. The second-order valence-electron chi connectivity index (χ2n) is 10.6. The molecule has 3 fully saturated rings. The van der Waals surface area contributed by atoms with Crippen molar-refractivity contribution in [2.24, 2.45) is 12.8 Å². The smallest absolute Gasteiger partial charge is 0.293 e. The van der Waals surface area contributed by atoms with Gasteiger partial charge in [0.2, 0.25) is 11.8 Å². The first-order chi connectivity index (χ1) is 19.5. The fourth-order valence-electron chi connectivity index (χ4n) is 5.88. The molecule has 16 nitrogen and oxygen atoms in total. The van der Waals surface area contributed by atoms with Gasteiger partial charge in [-0.15, -0.1) is 10.2 Å². The third kappa shape index (κ3) is 5.15. The molecule has 40 heavy (non-hydrogen) atoms. The van der Waals surface area contributed by atoms with E-state index in [2.05, 4.69) is 31.0 Å². The van der Waals surface area contributed by atoms with Crippen molar-refractivity contribution in [1.29, 1.82) is 0 Å². The van der Waals surface area contributed by atoms with Crippen molar-refractivity contribution >= 4 is 35.9 Å². The van der Waals surface area contributed by atoms with E-state index in [-0.39, 0.29) is 36.9 Å². The molecule has 3 aromatic heterocycles. The number of tetrazole rings is 1. The molecule has 16 heteroatoms. The summed E-state index contributed by atoms with van der Waals surface area (Å²) in [5.41, 5.74) is 7.12. The van der Waals surface area contributed by atoms with Crippen molar-refractivity contribution in [2.75, 3.05) is 10.6 Å². The molecule has 214 valence electrons. The van der Waals surface area contributed by atoms with Gasteiger partial charge in [0.15, 0.2) is 41.5 Å². The van der Waals surface area contributed by atoms with Gasteiger partial charge in [0, 0.05) is 18.1 Å². The van der Waals surface area contributed by atoms with Crippen LogP contribution in [0.3, 0.4) is 0 Å². The van der Waals surface area contributed by atoms with E-state index < -0.39 is 24.5 Å². The van der Waals surface area contributed by atoms with Crippen LogP contribution < -0.4 is 16.4 Å². The van der Waals surface area contributed by atoms with Gasteiger partial charge in [-0.3, -0.25) is 14.2 Å². The molecule has 0 unspecified atom stereocenters. The number of aryl methyl sites for hydroxylation is 1. The third-order valence-electron chi connectivity index (χ3n) is 7.89. The van der Waals surface area contributed by atoms with Gasteiger partial charge in [-0.2, -0.15) is 14.8 Å². The number of imidazole rings is 1. The van der Waals surface area contributed by atoms with Crippen LogP contribution in [0, 0.1) is 0 Å². The van der Waals surface area contributed by atoms with E-state index >= 15 is 0 Å². The monoisotopic (exact) mass is 555 g/mol. The first-order valence-corrected chi connectivity index (χ1v) is 13.6. The van der Waals surface area contributed by atoms with Crippen LogP contribution in [0.4, 0.5) is 11.8 Å². The molecule has 4 atom stereocenters. The molecule has 0 bridgehead atoms. The number of hydrogen-bond acceptors (Lipinski definition) is 14. The Kier molecular flexibility index (Phi) is 7.42. The summed E-state index contributed by atoms with van der Waals surface area (Å²) in [6.07, 6.45) is 5.70. The SMILES string of the molecule is Cn1nnc([C@H]2O[C@@H](n3cnc4c(NC5CCCC5)nc(NC5CCC(N)CC5)nc43)[C@H](OC=O)[C@@H]2OC=O)n1. The molecule has 2 saturated carbocycles. The van der Waals surface area contributed by atoms with Gasteiger partial charge >= 0.3 is 0 Å². The molecular formula is C24H33N11O5. The summed E-state index contributed by atoms with van der Waals surface area (Å²) >= 11 is 0. The molecule has 0 aromatic carbocycles. The maximum absolute atomic E-state index is 11.5. The van der Waals surface area contributed by atoms with E-state index in [1.54, 1.807) is 17.9 Å². The molecule has 3 aliphatic rings. The quantitative estimate of drug-likeness (QED) is 0.296. The number of carbonyl (C=O) groups excluding carboxylic acids is 2. The lowest BCUT2D eigenvalue weighted by Gasteiger charge is -2.27. The van der Waals surface area contributed by atoms with Gasteiger partial charge in [-0.05, 0) is 43.7 Å². The second-order valence-corrected chi connectivity index (χ2v) is 10.6. The number of nitrogens with zero attached hydrogens (tertiary/aromatic N) is 8. The number of nitrogens with two attached hydrogens (primary N) is 1. The molecule has 0 spiro atoms. The van der Waals surface area contributed by atoms with Gasteiger partial charge in [-0.1, -0.05) is 12.8 Å². The lowest BCUT2D eigenvalue weighted by molar-refractivity contribution is -0.151. The molecule has 3 aromatic rings. The minimum atomic E-state index is -1.04. The van der Waals surface area contributed by atoms with Gasteiger partial charge < -0.3 is 30.6 Å². The molecule has 1 saturated heterocycles.